The van der Waals surface area contributed by atoms with Crippen molar-refractivity contribution in [3.05, 3.63) is 54.2 Å². The highest BCUT2D eigenvalue weighted by Crippen LogP contribution is 2.33. The molecule has 2 N–H and O–H groups in total. The largest absolute Gasteiger partial charge is 0.436 e. The Bertz CT molecular complexity index is 1180. The van der Waals surface area contributed by atoms with Crippen LogP contribution in [0.5, 0.6) is 0 Å². The second-order valence-electron chi connectivity index (χ2n) is 7.69. The van der Waals surface area contributed by atoms with Gasteiger partial charge in [-0.05, 0) is 49.6 Å². The van der Waals surface area contributed by atoms with Crippen molar-refractivity contribution in [2.24, 2.45) is 5.92 Å². The van der Waals surface area contributed by atoms with Crippen LogP contribution in [0.25, 0.3) is 33.8 Å². The number of aromatic amines is 1. The van der Waals surface area contributed by atoms with Crippen molar-refractivity contribution >= 4 is 22.7 Å². The van der Waals surface area contributed by atoms with Gasteiger partial charge in [0.15, 0.2) is 5.58 Å². The molecule has 2 heterocycles. The zero-order chi connectivity index (χ0) is 19.8. The molecule has 0 unspecified atom stereocenters. The number of carbonyl (C=O) groups is 1. The van der Waals surface area contributed by atoms with Crippen LogP contribution in [0, 0.1) is 12.8 Å². The molecule has 1 aliphatic carbocycles. The van der Waals surface area contributed by atoms with E-state index in [2.05, 4.69) is 20.5 Å². The highest BCUT2D eigenvalue weighted by molar-refractivity contribution is 5.93. The molecule has 2 aromatic carbocycles. The van der Waals surface area contributed by atoms with E-state index >= 15 is 0 Å². The van der Waals surface area contributed by atoms with E-state index in [4.69, 9.17) is 4.42 Å². The number of oxazole rings is 1. The molecule has 4 aromatic rings. The first-order chi connectivity index (χ1) is 14.2. The number of fused-ring (bicyclic) bond motifs is 1. The fraction of sp³-hybridized carbons (Fsp3) is 0.261. The molecule has 1 amide bonds. The smallest absolute Gasteiger partial charge is 0.231 e. The lowest BCUT2D eigenvalue weighted by Crippen LogP contribution is -2.20. The quantitative estimate of drug-likeness (QED) is 0.497. The van der Waals surface area contributed by atoms with Crippen molar-refractivity contribution in [2.75, 3.05) is 5.32 Å². The number of aromatic nitrogens is 3. The third kappa shape index (κ3) is 3.42. The molecule has 29 heavy (non-hydrogen) atoms. The summed E-state index contributed by atoms with van der Waals surface area (Å²) >= 11 is 0. The van der Waals surface area contributed by atoms with Gasteiger partial charge in [0, 0.05) is 23.4 Å². The minimum Gasteiger partial charge on any atom is -0.436 e. The zero-order valence-electron chi connectivity index (χ0n) is 16.2. The maximum absolute atomic E-state index is 12.5. The van der Waals surface area contributed by atoms with Gasteiger partial charge in [-0.3, -0.25) is 9.89 Å². The van der Waals surface area contributed by atoms with Gasteiger partial charge in [0.2, 0.25) is 11.8 Å². The van der Waals surface area contributed by atoms with E-state index in [0.29, 0.717) is 5.89 Å². The van der Waals surface area contributed by atoms with Crippen LogP contribution >= 0.6 is 0 Å². The van der Waals surface area contributed by atoms with Gasteiger partial charge in [0.1, 0.15) is 11.2 Å². The lowest BCUT2D eigenvalue weighted by Gasteiger charge is -2.11. The standard InChI is InChI=1S/C23H22N4O2/c1-14-9-10-19-20(11-14)29-23(26-19)18-13-24-27-21(18)16-7-4-8-17(12-16)25-22(28)15-5-2-3-6-15/h4,7-13,15H,2-3,5-6H2,1H3,(H,24,27)(H,25,28). The molecule has 1 saturated carbocycles. The van der Waals surface area contributed by atoms with E-state index in [9.17, 15) is 4.79 Å². The molecule has 5 rings (SSSR count). The molecule has 0 saturated heterocycles. The molecule has 6 nitrogen and oxygen atoms in total. The lowest BCUT2D eigenvalue weighted by atomic mass is 10.1. The number of hydrogen-bond acceptors (Lipinski definition) is 4. The average molecular weight is 386 g/mol. The van der Waals surface area contributed by atoms with Crippen LogP contribution in [0.1, 0.15) is 31.2 Å². The summed E-state index contributed by atoms with van der Waals surface area (Å²) in [5, 5.41) is 10.4. The predicted molar refractivity (Wildman–Crippen MR) is 112 cm³/mol. The number of amides is 1. The van der Waals surface area contributed by atoms with Crippen LogP contribution < -0.4 is 5.32 Å². The number of H-pyrrole nitrogens is 1. The summed E-state index contributed by atoms with van der Waals surface area (Å²) in [7, 11) is 0. The molecular weight excluding hydrogens is 364 g/mol. The normalized spacial score (nSPS) is 14.5. The average Bonchev–Trinajstić information content (AvgIpc) is 3.47. The van der Waals surface area contributed by atoms with Gasteiger partial charge in [0.25, 0.3) is 0 Å². The summed E-state index contributed by atoms with van der Waals surface area (Å²) in [6, 6.07) is 13.7. The minimum atomic E-state index is 0.108. The van der Waals surface area contributed by atoms with E-state index in [0.717, 1.165) is 64.9 Å². The second kappa shape index (κ2) is 7.20. The van der Waals surface area contributed by atoms with E-state index in [1.54, 1.807) is 6.20 Å². The van der Waals surface area contributed by atoms with Crippen molar-refractivity contribution in [2.45, 2.75) is 32.6 Å². The van der Waals surface area contributed by atoms with Crippen molar-refractivity contribution in [3.8, 4) is 22.7 Å². The first-order valence-electron chi connectivity index (χ1n) is 10.00. The number of nitrogens with zero attached hydrogens (tertiary/aromatic N) is 2. The van der Waals surface area contributed by atoms with Gasteiger partial charge in [-0.1, -0.05) is 31.0 Å². The predicted octanol–water partition coefficient (Wildman–Crippen LogP) is 5.32. The Morgan fingerprint density at radius 2 is 2.03 bits per heavy atom. The van der Waals surface area contributed by atoms with E-state index in [-0.39, 0.29) is 11.8 Å². The van der Waals surface area contributed by atoms with E-state index < -0.39 is 0 Å². The van der Waals surface area contributed by atoms with Crippen LogP contribution in [0.15, 0.2) is 53.1 Å². The number of hydrogen-bond donors (Lipinski definition) is 2. The van der Waals surface area contributed by atoms with Gasteiger partial charge in [-0.15, -0.1) is 0 Å². The molecule has 0 aliphatic heterocycles. The summed E-state index contributed by atoms with van der Waals surface area (Å²) in [6.45, 7) is 2.02. The van der Waals surface area contributed by atoms with Crippen LogP contribution in [0.4, 0.5) is 5.69 Å². The lowest BCUT2D eigenvalue weighted by molar-refractivity contribution is -0.119. The molecule has 1 fully saturated rings. The third-order valence-electron chi connectivity index (χ3n) is 5.54. The maximum atomic E-state index is 12.5. The molecule has 0 radical (unpaired) electrons. The van der Waals surface area contributed by atoms with Crippen LogP contribution in [-0.2, 0) is 4.79 Å². The van der Waals surface area contributed by atoms with Crippen LogP contribution in [0.2, 0.25) is 0 Å². The fourth-order valence-corrected chi connectivity index (χ4v) is 4.00. The van der Waals surface area contributed by atoms with Crippen molar-refractivity contribution in [3.63, 3.8) is 0 Å². The van der Waals surface area contributed by atoms with Crippen LogP contribution in [-0.4, -0.2) is 21.1 Å². The van der Waals surface area contributed by atoms with Gasteiger partial charge in [-0.2, -0.15) is 5.10 Å². The Labute approximate surface area is 168 Å². The van der Waals surface area contributed by atoms with E-state index in [1.807, 2.05) is 49.4 Å². The molecular formula is C23H22N4O2. The number of carbonyl (C=O) groups excluding carboxylic acids is 1. The Balaban J connectivity index is 1.46. The summed E-state index contributed by atoms with van der Waals surface area (Å²) in [5.41, 5.74) is 5.90. The zero-order valence-corrected chi connectivity index (χ0v) is 16.2. The van der Waals surface area contributed by atoms with Gasteiger partial charge in [0.05, 0.1) is 5.56 Å². The fourth-order valence-electron chi connectivity index (χ4n) is 4.00. The first kappa shape index (κ1) is 17.7. The number of aryl methyl sites for hydroxylation is 1. The number of anilines is 1. The van der Waals surface area contributed by atoms with Gasteiger partial charge in [-0.25, -0.2) is 4.98 Å². The Morgan fingerprint density at radius 3 is 2.90 bits per heavy atom. The Hall–Kier alpha value is -3.41. The van der Waals surface area contributed by atoms with Gasteiger partial charge < -0.3 is 9.73 Å². The Kier molecular flexibility index (Phi) is 4.39. The summed E-state index contributed by atoms with van der Waals surface area (Å²) in [5.74, 6) is 0.758. The van der Waals surface area contributed by atoms with Crippen molar-refractivity contribution < 1.29 is 9.21 Å². The highest BCUT2D eigenvalue weighted by atomic mass is 16.3. The first-order valence-corrected chi connectivity index (χ1v) is 10.00. The third-order valence-corrected chi connectivity index (χ3v) is 5.54. The van der Waals surface area contributed by atoms with E-state index in [1.165, 1.54) is 0 Å². The monoisotopic (exact) mass is 386 g/mol. The maximum Gasteiger partial charge on any atom is 0.231 e. The number of benzene rings is 2. The molecule has 0 atom stereocenters. The minimum absolute atomic E-state index is 0.108. The number of nitrogens with one attached hydrogen (secondary N) is 2. The molecule has 0 spiro atoms. The van der Waals surface area contributed by atoms with Crippen LogP contribution in [0.3, 0.4) is 0 Å². The molecule has 1 aliphatic rings. The SMILES string of the molecule is Cc1ccc2nc(-c3c[nH]nc3-c3cccc(NC(=O)C4CCCC4)c3)oc2c1. The summed E-state index contributed by atoms with van der Waals surface area (Å²) in [4.78, 5) is 17.1. The molecule has 0 bridgehead atoms. The van der Waals surface area contributed by atoms with Crippen molar-refractivity contribution in [1.82, 2.24) is 15.2 Å². The summed E-state index contributed by atoms with van der Waals surface area (Å²) in [6.07, 6.45) is 6.02. The number of rotatable bonds is 4. The molecule has 6 heteroatoms. The molecule has 146 valence electrons. The summed E-state index contributed by atoms with van der Waals surface area (Å²) < 4.78 is 5.98. The van der Waals surface area contributed by atoms with Crippen molar-refractivity contribution in [1.29, 1.82) is 0 Å². The molecule has 2 aromatic heterocycles. The Morgan fingerprint density at radius 1 is 1.17 bits per heavy atom. The van der Waals surface area contributed by atoms with Gasteiger partial charge >= 0.3 is 0 Å². The highest BCUT2D eigenvalue weighted by Gasteiger charge is 2.23. The topological polar surface area (TPSA) is 83.8 Å². The second-order valence-corrected chi connectivity index (χ2v) is 7.69.